The average molecular weight is 440 g/mol. The summed E-state index contributed by atoms with van der Waals surface area (Å²) >= 11 is 0. The zero-order valence-corrected chi connectivity index (χ0v) is 17.7. The third kappa shape index (κ3) is 3.63. The number of likely N-dealkylation sites (tertiary alicyclic amines) is 1. The van der Waals surface area contributed by atoms with Crippen molar-refractivity contribution in [3.8, 4) is 11.3 Å². The third-order valence-corrected chi connectivity index (χ3v) is 5.67. The van der Waals surface area contributed by atoms with E-state index in [1.807, 2.05) is 19.1 Å². The molecule has 0 saturated carbocycles. The zero-order chi connectivity index (χ0) is 22.4. The van der Waals surface area contributed by atoms with Gasteiger partial charge in [-0.1, -0.05) is 0 Å². The first-order valence-electron chi connectivity index (χ1n) is 10.3. The monoisotopic (exact) mass is 440 g/mol. The summed E-state index contributed by atoms with van der Waals surface area (Å²) in [5.41, 5.74) is 3.46. The van der Waals surface area contributed by atoms with Crippen molar-refractivity contribution < 1.29 is 13.6 Å². The molecule has 2 aliphatic heterocycles. The summed E-state index contributed by atoms with van der Waals surface area (Å²) in [6.45, 7) is 2.43. The van der Waals surface area contributed by atoms with Gasteiger partial charge in [-0.15, -0.1) is 5.10 Å². The van der Waals surface area contributed by atoms with Crippen molar-refractivity contribution in [3.63, 3.8) is 0 Å². The molecule has 1 N–H and O–H groups in total. The largest absolute Gasteiger partial charge is 0.344 e. The number of nitrogens with one attached hydrogen (secondary N) is 1. The lowest BCUT2D eigenvalue weighted by Gasteiger charge is -2.28. The van der Waals surface area contributed by atoms with Crippen LogP contribution < -0.4 is 10.2 Å². The van der Waals surface area contributed by atoms with Gasteiger partial charge in [0.1, 0.15) is 11.7 Å². The van der Waals surface area contributed by atoms with Crippen molar-refractivity contribution in [2.24, 2.45) is 4.99 Å². The van der Waals surface area contributed by atoms with Crippen LogP contribution in [0.25, 0.3) is 16.8 Å². The van der Waals surface area contributed by atoms with Gasteiger partial charge >= 0.3 is 0 Å². The van der Waals surface area contributed by atoms with Crippen LogP contribution in [0.15, 0.2) is 35.6 Å². The number of pyridine rings is 1. The standard InChI is InChI=1S/C21H22F2N8O/c1-12-10-30(11-18(22)23)19-15(25-12)4-3-14(26-19)13-5-8-31-17(13)9-24-21(28-31)27-16-6-7-29(2)20(16)32/h3-5,8-9,16,18H,6-7,10-11H2,1-2H3,(H,27,28)/t16-/m0/s1. The predicted octanol–water partition coefficient (Wildman–Crippen LogP) is 2.61. The van der Waals surface area contributed by atoms with Crippen LogP contribution in [-0.2, 0) is 4.79 Å². The molecule has 0 aliphatic carbocycles. The van der Waals surface area contributed by atoms with E-state index in [0.29, 0.717) is 48.2 Å². The second-order valence-electron chi connectivity index (χ2n) is 8.04. The van der Waals surface area contributed by atoms with Gasteiger partial charge in [-0.2, -0.15) is 0 Å². The Morgan fingerprint density at radius 1 is 1.28 bits per heavy atom. The quantitative estimate of drug-likeness (QED) is 0.656. The van der Waals surface area contributed by atoms with Crippen molar-refractivity contribution in [2.75, 3.05) is 36.9 Å². The van der Waals surface area contributed by atoms with Crippen molar-refractivity contribution in [1.29, 1.82) is 0 Å². The van der Waals surface area contributed by atoms with Gasteiger partial charge in [0.25, 0.3) is 6.43 Å². The maximum absolute atomic E-state index is 13.1. The first-order chi connectivity index (χ1) is 15.4. The molecule has 32 heavy (non-hydrogen) atoms. The van der Waals surface area contributed by atoms with Crippen LogP contribution in [0.1, 0.15) is 13.3 Å². The van der Waals surface area contributed by atoms with E-state index in [4.69, 9.17) is 0 Å². The molecule has 0 bridgehead atoms. The maximum atomic E-state index is 13.1. The number of likely N-dealkylation sites (N-methyl/N-ethyl adjacent to an activating group) is 1. The van der Waals surface area contributed by atoms with E-state index in [1.54, 1.807) is 39.8 Å². The number of hydrogen-bond donors (Lipinski definition) is 1. The SMILES string of the molecule is CC1=Nc2ccc(-c3ccn4nc(N[C@H]5CCN(C)C5=O)ncc34)nc2N(CC(F)F)C1. The maximum Gasteiger partial charge on any atom is 0.255 e. The molecule has 5 heterocycles. The molecule has 1 fully saturated rings. The van der Waals surface area contributed by atoms with E-state index >= 15 is 0 Å². The summed E-state index contributed by atoms with van der Waals surface area (Å²) in [6.07, 6.45) is 1.67. The molecule has 9 nitrogen and oxygen atoms in total. The number of amides is 1. The molecule has 0 unspecified atom stereocenters. The Morgan fingerprint density at radius 3 is 2.88 bits per heavy atom. The normalized spacial score (nSPS) is 18.5. The number of nitrogens with zero attached hydrogens (tertiary/aromatic N) is 7. The van der Waals surface area contributed by atoms with Gasteiger partial charge in [0.05, 0.1) is 30.5 Å². The second kappa shape index (κ2) is 7.81. The highest BCUT2D eigenvalue weighted by molar-refractivity contribution is 5.94. The van der Waals surface area contributed by atoms with E-state index in [2.05, 4.69) is 25.4 Å². The Kier molecular flexibility index (Phi) is 4.95. The van der Waals surface area contributed by atoms with Gasteiger partial charge in [0, 0.05) is 31.1 Å². The Bertz CT molecular complexity index is 1220. The number of hydrogen-bond acceptors (Lipinski definition) is 7. The van der Waals surface area contributed by atoms with E-state index in [0.717, 1.165) is 11.3 Å². The van der Waals surface area contributed by atoms with E-state index in [-0.39, 0.29) is 11.9 Å². The number of halogens is 2. The van der Waals surface area contributed by atoms with Crippen LogP contribution in [0.2, 0.25) is 0 Å². The number of alkyl halides is 2. The van der Waals surface area contributed by atoms with Crippen LogP contribution in [-0.4, -0.2) is 75.3 Å². The van der Waals surface area contributed by atoms with Gasteiger partial charge in [0.2, 0.25) is 11.9 Å². The topological polar surface area (TPSA) is 91.0 Å². The minimum Gasteiger partial charge on any atom is -0.344 e. The lowest BCUT2D eigenvalue weighted by molar-refractivity contribution is -0.127. The number of anilines is 2. The summed E-state index contributed by atoms with van der Waals surface area (Å²) in [6, 6.07) is 5.13. The molecule has 2 aliphatic rings. The van der Waals surface area contributed by atoms with Gasteiger partial charge in [-0.05, 0) is 31.5 Å². The fraction of sp³-hybridized carbons (Fsp3) is 0.381. The highest BCUT2D eigenvalue weighted by Crippen LogP contribution is 2.34. The number of carbonyl (C=O) groups is 1. The van der Waals surface area contributed by atoms with Gasteiger partial charge < -0.3 is 15.1 Å². The van der Waals surface area contributed by atoms with Crippen LogP contribution in [0.3, 0.4) is 0 Å². The molecule has 5 rings (SSSR count). The lowest BCUT2D eigenvalue weighted by Crippen LogP contribution is -2.35. The molecule has 3 aromatic heterocycles. The molecule has 0 aromatic carbocycles. The Balaban J connectivity index is 1.46. The third-order valence-electron chi connectivity index (χ3n) is 5.67. The molecule has 3 aromatic rings. The van der Waals surface area contributed by atoms with Crippen molar-refractivity contribution >= 4 is 34.6 Å². The molecule has 1 atom stereocenters. The molecule has 11 heteroatoms. The van der Waals surface area contributed by atoms with E-state index in [9.17, 15) is 13.6 Å². The summed E-state index contributed by atoms with van der Waals surface area (Å²) in [7, 11) is 1.77. The minimum atomic E-state index is -2.47. The lowest BCUT2D eigenvalue weighted by atomic mass is 10.1. The van der Waals surface area contributed by atoms with Gasteiger partial charge in [-0.3, -0.25) is 9.79 Å². The molecule has 1 amide bonds. The fourth-order valence-corrected chi connectivity index (χ4v) is 4.12. The number of carbonyl (C=O) groups excluding carboxylic acids is 1. The Labute approximate surface area is 182 Å². The number of fused-ring (bicyclic) bond motifs is 2. The minimum absolute atomic E-state index is 0.0198. The first-order valence-corrected chi connectivity index (χ1v) is 10.3. The summed E-state index contributed by atoms with van der Waals surface area (Å²) in [4.78, 5) is 28.8. The molecule has 1 saturated heterocycles. The van der Waals surface area contributed by atoms with Gasteiger partial charge in [0.15, 0.2) is 5.82 Å². The second-order valence-corrected chi connectivity index (χ2v) is 8.04. The summed E-state index contributed by atoms with van der Waals surface area (Å²) in [5.74, 6) is 0.821. The number of aliphatic imine (C=N–C) groups is 1. The molecular weight excluding hydrogens is 418 g/mol. The Hall–Kier alpha value is -3.63. The summed E-state index contributed by atoms with van der Waals surface area (Å²) in [5, 5.41) is 7.55. The number of rotatable bonds is 5. The molecular formula is C21H22F2N8O. The van der Waals surface area contributed by atoms with Crippen LogP contribution >= 0.6 is 0 Å². The highest BCUT2D eigenvalue weighted by atomic mass is 19.3. The van der Waals surface area contributed by atoms with E-state index in [1.165, 1.54) is 0 Å². The van der Waals surface area contributed by atoms with Crippen molar-refractivity contribution in [2.45, 2.75) is 25.8 Å². The number of aromatic nitrogens is 4. The smallest absolute Gasteiger partial charge is 0.255 e. The highest BCUT2D eigenvalue weighted by Gasteiger charge is 2.29. The molecule has 0 spiro atoms. The average Bonchev–Trinajstić information content (AvgIpc) is 3.31. The van der Waals surface area contributed by atoms with Crippen LogP contribution in [0.4, 0.5) is 26.2 Å². The van der Waals surface area contributed by atoms with Crippen LogP contribution in [0, 0.1) is 0 Å². The van der Waals surface area contributed by atoms with Crippen LogP contribution in [0.5, 0.6) is 0 Å². The van der Waals surface area contributed by atoms with Gasteiger partial charge in [-0.25, -0.2) is 23.3 Å². The Morgan fingerprint density at radius 2 is 2.12 bits per heavy atom. The molecule has 166 valence electrons. The first kappa shape index (κ1) is 20.3. The summed E-state index contributed by atoms with van der Waals surface area (Å²) < 4.78 is 27.8. The van der Waals surface area contributed by atoms with Crippen molar-refractivity contribution in [3.05, 3.63) is 30.6 Å². The molecule has 0 radical (unpaired) electrons. The van der Waals surface area contributed by atoms with Crippen molar-refractivity contribution in [1.82, 2.24) is 24.5 Å². The van der Waals surface area contributed by atoms with E-state index < -0.39 is 13.0 Å². The fourth-order valence-electron chi connectivity index (χ4n) is 4.12. The zero-order valence-electron chi connectivity index (χ0n) is 17.7. The predicted molar refractivity (Wildman–Crippen MR) is 117 cm³/mol.